The Morgan fingerprint density at radius 2 is 1.89 bits per heavy atom. The number of hydrogen-bond donors (Lipinski definition) is 2. The number of carbonyl (C=O) groups is 2. The van der Waals surface area contributed by atoms with Gasteiger partial charge in [-0.15, -0.1) is 11.3 Å². The summed E-state index contributed by atoms with van der Waals surface area (Å²) in [6.45, 7) is 6.87. The molecule has 2 amide bonds. The normalized spacial score (nSPS) is 16.4. The van der Waals surface area contributed by atoms with Crippen LogP contribution in [0.4, 0.5) is 11.4 Å². The molecule has 0 bridgehead atoms. The van der Waals surface area contributed by atoms with Crippen molar-refractivity contribution in [2.75, 3.05) is 24.4 Å². The number of nitrogens with one attached hydrogen (secondary N) is 2. The second-order valence-corrected chi connectivity index (χ2v) is 9.52. The van der Waals surface area contributed by atoms with Gasteiger partial charge < -0.3 is 15.4 Å². The fourth-order valence-corrected chi connectivity index (χ4v) is 4.67. The van der Waals surface area contributed by atoms with Gasteiger partial charge in [0.05, 0.1) is 4.88 Å². The van der Waals surface area contributed by atoms with Crippen LogP contribution in [0.5, 0.6) is 0 Å². The zero-order valence-electron chi connectivity index (χ0n) is 16.9. The monoisotopic (exact) mass is 400 g/mol. The molecule has 0 aliphatic heterocycles. The van der Waals surface area contributed by atoms with Crippen LogP contribution in [-0.4, -0.2) is 25.5 Å². The van der Waals surface area contributed by atoms with Gasteiger partial charge in [0.1, 0.15) is 6.61 Å². The summed E-state index contributed by atoms with van der Waals surface area (Å²) in [5.41, 5.74) is 2.88. The van der Waals surface area contributed by atoms with Gasteiger partial charge in [0.15, 0.2) is 0 Å². The molecule has 0 radical (unpaired) electrons. The second-order valence-electron chi connectivity index (χ2n) is 8.38. The molecule has 3 rings (SSSR count). The number of aryl methyl sites for hydroxylation is 1. The fourth-order valence-electron chi connectivity index (χ4n) is 3.57. The minimum Gasteiger partial charge on any atom is -0.375 e. The highest BCUT2D eigenvalue weighted by Crippen LogP contribution is 2.40. The Kier molecular flexibility index (Phi) is 6.20. The Labute approximate surface area is 170 Å². The zero-order valence-corrected chi connectivity index (χ0v) is 17.7. The van der Waals surface area contributed by atoms with Crippen LogP contribution in [-0.2, 0) is 22.4 Å². The number of hydrogen-bond acceptors (Lipinski definition) is 4. The molecule has 0 fully saturated rings. The summed E-state index contributed by atoms with van der Waals surface area (Å²) in [4.78, 5) is 26.5. The molecule has 0 spiro atoms. The van der Waals surface area contributed by atoms with Crippen molar-refractivity contribution < 1.29 is 14.3 Å². The Hall–Kier alpha value is -2.18. The van der Waals surface area contributed by atoms with Crippen molar-refractivity contribution in [3.05, 3.63) is 45.6 Å². The first kappa shape index (κ1) is 20.6. The fraction of sp³-hybridized carbons (Fsp3) is 0.455. The second kappa shape index (κ2) is 8.45. The zero-order chi connectivity index (χ0) is 20.3. The number of rotatable bonds is 5. The Morgan fingerprint density at radius 1 is 1.18 bits per heavy atom. The molecule has 150 valence electrons. The van der Waals surface area contributed by atoms with Crippen LogP contribution in [0.1, 0.15) is 47.3 Å². The molecule has 6 heteroatoms. The van der Waals surface area contributed by atoms with E-state index >= 15 is 0 Å². The van der Waals surface area contributed by atoms with Crippen LogP contribution >= 0.6 is 11.3 Å². The molecule has 5 nitrogen and oxygen atoms in total. The minimum atomic E-state index is -0.231. The van der Waals surface area contributed by atoms with Crippen LogP contribution in [0.15, 0.2) is 30.3 Å². The van der Waals surface area contributed by atoms with Crippen LogP contribution < -0.4 is 10.6 Å². The van der Waals surface area contributed by atoms with Gasteiger partial charge in [0.25, 0.3) is 5.91 Å². The molecule has 28 heavy (non-hydrogen) atoms. The van der Waals surface area contributed by atoms with Crippen molar-refractivity contribution in [2.45, 2.75) is 40.0 Å². The van der Waals surface area contributed by atoms with Crippen LogP contribution in [0, 0.1) is 11.3 Å². The smallest absolute Gasteiger partial charge is 0.265 e. The largest absolute Gasteiger partial charge is 0.375 e. The van der Waals surface area contributed by atoms with Crippen LogP contribution in [0.3, 0.4) is 0 Å². The Morgan fingerprint density at radius 3 is 2.57 bits per heavy atom. The third kappa shape index (κ3) is 5.00. The highest BCUT2D eigenvalue weighted by Gasteiger charge is 2.30. The van der Waals surface area contributed by atoms with E-state index in [1.807, 2.05) is 6.07 Å². The van der Waals surface area contributed by atoms with Crippen molar-refractivity contribution in [3.63, 3.8) is 0 Å². The van der Waals surface area contributed by atoms with Crippen molar-refractivity contribution in [1.29, 1.82) is 0 Å². The van der Waals surface area contributed by atoms with Gasteiger partial charge in [-0.2, -0.15) is 0 Å². The Bertz CT molecular complexity index is 867. The lowest BCUT2D eigenvalue weighted by Crippen LogP contribution is -2.26. The van der Waals surface area contributed by atoms with E-state index in [1.165, 1.54) is 24.0 Å². The molecular weight excluding hydrogens is 372 g/mol. The minimum absolute atomic E-state index is 0.00705. The summed E-state index contributed by atoms with van der Waals surface area (Å²) in [6.07, 6.45) is 3.28. The lowest BCUT2D eigenvalue weighted by molar-refractivity contribution is -0.119. The summed E-state index contributed by atoms with van der Waals surface area (Å²) >= 11 is 1.60. The molecule has 1 aliphatic rings. The number of carbonyl (C=O) groups excluding carboxylic acids is 2. The third-order valence-electron chi connectivity index (χ3n) is 5.21. The first-order valence-corrected chi connectivity index (χ1v) is 10.4. The molecule has 1 aliphatic carbocycles. The van der Waals surface area contributed by atoms with Crippen LogP contribution in [0.25, 0.3) is 0 Å². The number of ether oxygens (including phenoxy) is 1. The topological polar surface area (TPSA) is 67.4 Å². The van der Waals surface area contributed by atoms with Crippen molar-refractivity contribution in [2.24, 2.45) is 11.3 Å². The van der Waals surface area contributed by atoms with Crippen molar-refractivity contribution in [1.82, 2.24) is 0 Å². The van der Waals surface area contributed by atoms with Gasteiger partial charge in [0.2, 0.25) is 5.91 Å². The summed E-state index contributed by atoms with van der Waals surface area (Å²) in [5.74, 6) is 0.315. The molecule has 2 aromatic rings. The van der Waals surface area contributed by atoms with E-state index < -0.39 is 0 Å². The molecule has 1 unspecified atom stereocenters. The maximum absolute atomic E-state index is 12.7. The van der Waals surface area contributed by atoms with Gasteiger partial charge in [-0.1, -0.05) is 26.8 Å². The van der Waals surface area contributed by atoms with Crippen molar-refractivity contribution in [3.8, 4) is 0 Å². The Balaban J connectivity index is 1.68. The lowest BCUT2D eigenvalue weighted by atomic mass is 9.72. The SMILES string of the molecule is COCC(=O)Nc1cccc(NC(=O)c2cc3c(s2)CCC(C(C)(C)C)C3)c1. The number of methoxy groups -OCH3 is 1. The van der Waals surface area contributed by atoms with E-state index in [2.05, 4.69) is 37.5 Å². The molecular formula is C22H28N2O3S. The van der Waals surface area contributed by atoms with E-state index in [1.54, 1.807) is 29.5 Å². The van der Waals surface area contributed by atoms with E-state index in [-0.39, 0.29) is 23.8 Å². The standard InChI is InChI=1S/C22H28N2O3S/c1-22(2,3)15-8-9-18-14(10-15)11-19(28-18)21(26)24-17-7-5-6-16(12-17)23-20(25)13-27-4/h5-7,11-12,15H,8-10,13H2,1-4H3,(H,23,25)(H,24,26). The maximum atomic E-state index is 12.7. The third-order valence-corrected chi connectivity index (χ3v) is 6.45. The number of fused-ring (bicyclic) bond motifs is 1. The molecule has 1 aromatic carbocycles. The van der Waals surface area contributed by atoms with E-state index in [0.29, 0.717) is 17.3 Å². The number of benzene rings is 1. The van der Waals surface area contributed by atoms with Gasteiger partial charge >= 0.3 is 0 Å². The summed E-state index contributed by atoms with van der Waals surface area (Å²) in [6, 6.07) is 9.18. The van der Waals surface area contributed by atoms with E-state index in [0.717, 1.165) is 17.7 Å². The van der Waals surface area contributed by atoms with Gasteiger partial charge in [-0.05, 0) is 60.4 Å². The molecule has 1 heterocycles. The van der Waals surface area contributed by atoms with Gasteiger partial charge in [0, 0.05) is 23.4 Å². The number of thiophene rings is 1. The first-order chi connectivity index (χ1) is 13.3. The lowest BCUT2D eigenvalue weighted by Gasteiger charge is -2.33. The highest BCUT2D eigenvalue weighted by atomic mass is 32.1. The highest BCUT2D eigenvalue weighted by molar-refractivity contribution is 7.14. The van der Waals surface area contributed by atoms with E-state index in [4.69, 9.17) is 4.74 Å². The van der Waals surface area contributed by atoms with E-state index in [9.17, 15) is 9.59 Å². The number of amides is 2. The number of anilines is 2. The van der Waals surface area contributed by atoms with Gasteiger partial charge in [-0.25, -0.2) is 0 Å². The predicted octanol–water partition coefficient (Wildman–Crippen LogP) is 4.74. The van der Waals surface area contributed by atoms with Gasteiger partial charge in [-0.3, -0.25) is 9.59 Å². The first-order valence-electron chi connectivity index (χ1n) is 9.58. The molecule has 0 saturated heterocycles. The van der Waals surface area contributed by atoms with Crippen molar-refractivity contribution >= 4 is 34.5 Å². The molecule has 1 aromatic heterocycles. The van der Waals surface area contributed by atoms with Crippen LogP contribution in [0.2, 0.25) is 0 Å². The molecule has 1 atom stereocenters. The predicted molar refractivity (Wildman–Crippen MR) is 114 cm³/mol. The molecule has 0 saturated carbocycles. The quantitative estimate of drug-likeness (QED) is 0.762. The average molecular weight is 401 g/mol. The maximum Gasteiger partial charge on any atom is 0.265 e. The summed E-state index contributed by atoms with van der Waals surface area (Å²) < 4.78 is 4.82. The average Bonchev–Trinajstić information content (AvgIpc) is 3.05. The summed E-state index contributed by atoms with van der Waals surface area (Å²) in [7, 11) is 1.47. The molecule has 2 N–H and O–H groups in total. The summed E-state index contributed by atoms with van der Waals surface area (Å²) in [5, 5.41) is 5.69.